The van der Waals surface area contributed by atoms with Crippen LogP contribution in [0.1, 0.15) is 41.5 Å². The number of hydrogen-bond acceptors (Lipinski definition) is 3. The zero-order valence-electron chi connectivity index (χ0n) is 13.7. The number of amides is 3. The number of carbonyl (C=O) groups excluding carboxylic acids is 3. The molecule has 116 valence electrons. The van der Waals surface area contributed by atoms with Crippen molar-refractivity contribution in [1.82, 2.24) is 13.7 Å². The first-order valence-corrected chi connectivity index (χ1v) is 9.37. The van der Waals surface area contributed by atoms with Gasteiger partial charge < -0.3 is 13.7 Å². The number of rotatable bonds is 6. The van der Waals surface area contributed by atoms with Gasteiger partial charge in [-0.3, -0.25) is 14.4 Å². The molecule has 0 saturated heterocycles. The molecule has 7 heteroatoms. The van der Waals surface area contributed by atoms with Crippen molar-refractivity contribution in [3.63, 3.8) is 0 Å². The molecule has 20 heavy (non-hydrogen) atoms. The first kappa shape index (κ1) is 18.6. The Kier molecular flexibility index (Phi) is 6.91. The summed E-state index contributed by atoms with van der Waals surface area (Å²) in [6, 6.07) is 0. The van der Waals surface area contributed by atoms with Gasteiger partial charge in [-0.15, -0.1) is 0 Å². The normalized spacial score (nSPS) is 10.9. The van der Waals surface area contributed by atoms with Crippen molar-refractivity contribution in [1.29, 1.82) is 0 Å². The van der Waals surface area contributed by atoms with E-state index in [0.29, 0.717) is 19.6 Å². The van der Waals surface area contributed by atoms with Crippen LogP contribution in [-0.4, -0.2) is 59.6 Å². The third kappa shape index (κ3) is 3.39. The molecule has 0 radical (unpaired) electrons. The Morgan fingerprint density at radius 3 is 1.00 bits per heavy atom. The summed E-state index contributed by atoms with van der Waals surface area (Å²) in [4.78, 5) is 36.0. The van der Waals surface area contributed by atoms with E-state index < -0.39 is 8.56 Å². The highest BCUT2D eigenvalue weighted by Gasteiger charge is 2.50. The lowest BCUT2D eigenvalue weighted by Gasteiger charge is -2.50. The van der Waals surface area contributed by atoms with Crippen LogP contribution in [0.25, 0.3) is 0 Å². The average molecular weight is 301 g/mol. The van der Waals surface area contributed by atoms with E-state index in [9.17, 15) is 14.4 Å². The molecule has 0 fully saturated rings. The van der Waals surface area contributed by atoms with Crippen molar-refractivity contribution in [2.45, 2.75) is 48.1 Å². The number of hydrogen-bond donors (Lipinski definition) is 0. The van der Waals surface area contributed by atoms with Gasteiger partial charge in [0, 0.05) is 40.4 Å². The summed E-state index contributed by atoms with van der Waals surface area (Å²) in [6.07, 6.45) is 0. The van der Waals surface area contributed by atoms with E-state index in [1.54, 1.807) is 13.7 Å². The van der Waals surface area contributed by atoms with Gasteiger partial charge in [-0.2, -0.15) is 0 Å². The predicted octanol–water partition coefficient (Wildman–Crippen LogP) is 1.16. The summed E-state index contributed by atoms with van der Waals surface area (Å²) >= 11 is 0. The SMILES string of the molecule is CCN(C(C)=O)[Si](C)(N(CC)C(C)=O)N(CC)C(C)=O. The van der Waals surface area contributed by atoms with E-state index >= 15 is 0 Å². The minimum atomic E-state index is -2.88. The van der Waals surface area contributed by atoms with Gasteiger partial charge in [-0.1, -0.05) is 0 Å². The predicted molar refractivity (Wildman–Crippen MR) is 80.8 cm³/mol. The summed E-state index contributed by atoms with van der Waals surface area (Å²) in [5.74, 6) is -0.330. The Balaban J connectivity index is 6.06. The summed E-state index contributed by atoms with van der Waals surface area (Å²) in [5, 5.41) is 0. The van der Waals surface area contributed by atoms with Gasteiger partial charge in [0.25, 0.3) is 0 Å². The third-order valence-corrected chi connectivity index (χ3v) is 8.58. The van der Waals surface area contributed by atoms with Gasteiger partial charge in [-0.25, -0.2) is 0 Å². The lowest BCUT2D eigenvalue weighted by atomic mass is 10.6. The second-order valence-corrected chi connectivity index (χ2v) is 8.32. The van der Waals surface area contributed by atoms with Crippen molar-refractivity contribution in [3.8, 4) is 0 Å². The molecule has 0 unspecified atom stereocenters. The van der Waals surface area contributed by atoms with Gasteiger partial charge in [0.05, 0.1) is 0 Å². The molecule has 0 atom stereocenters. The molecule has 3 amide bonds. The van der Waals surface area contributed by atoms with Crippen LogP contribution < -0.4 is 0 Å². The third-order valence-electron chi connectivity index (χ3n) is 3.62. The van der Waals surface area contributed by atoms with Crippen LogP contribution in [0.5, 0.6) is 0 Å². The molecular weight excluding hydrogens is 274 g/mol. The van der Waals surface area contributed by atoms with Crippen molar-refractivity contribution < 1.29 is 14.4 Å². The van der Waals surface area contributed by atoms with Crippen LogP contribution in [0.2, 0.25) is 6.55 Å². The molecule has 0 aliphatic carbocycles. The van der Waals surface area contributed by atoms with Crippen LogP contribution in [0.4, 0.5) is 0 Å². The molecule has 0 heterocycles. The Labute approximate surface area is 123 Å². The molecule has 0 rings (SSSR count). The zero-order valence-corrected chi connectivity index (χ0v) is 14.7. The summed E-state index contributed by atoms with van der Waals surface area (Å²) in [7, 11) is -2.88. The van der Waals surface area contributed by atoms with Gasteiger partial charge in [0.2, 0.25) is 17.7 Å². The maximum Gasteiger partial charge on any atom is 0.383 e. The molecule has 0 N–H and O–H groups in total. The largest absolute Gasteiger partial charge is 0.383 e. The molecule has 0 aromatic carbocycles. The fourth-order valence-electron chi connectivity index (χ4n) is 2.90. The molecule has 0 aliphatic heterocycles. The van der Waals surface area contributed by atoms with Crippen molar-refractivity contribution in [2.24, 2.45) is 0 Å². The Bertz CT molecular complexity index is 332. The highest BCUT2D eigenvalue weighted by atomic mass is 28.4. The Morgan fingerprint density at radius 2 is 0.900 bits per heavy atom. The fourth-order valence-corrected chi connectivity index (χ4v) is 7.36. The molecule has 0 bridgehead atoms. The lowest BCUT2D eigenvalue weighted by Crippen LogP contribution is -2.76. The Morgan fingerprint density at radius 1 is 0.700 bits per heavy atom. The molecule has 6 nitrogen and oxygen atoms in total. The molecule has 0 aromatic rings. The van der Waals surface area contributed by atoms with E-state index in [1.165, 1.54) is 20.8 Å². The van der Waals surface area contributed by atoms with Crippen LogP contribution in [0.3, 0.4) is 0 Å². The smallest absolute Gasteiger partial charge is 0.335 e. The highest BCUT2D eigenvalue weighted by molar-refractivity contribution is 6.76. The van der Waals surface area contributed by atoms with Gasteiger partial charge >= 0.3 is 8.56 Å². The van der Waals surface area contributed by atoms with Crippen molar-refractivity contribution in [2.75, 3.05) is 19.6 Å². The molecule has 0 spiro atoms. The maximum absolute atomic E-state index is 12.0. The first-order valence-electron chi connectivity index (χ1n) is 7.02. The second-order valence-electron chi connectivity index (χ2n) is 4.76. The Hall–Kier alpha value is -1.37. The minimum absolute atomic E-state index is 0.110. The maximum atomic E-state index is 12.0. The van der Waals surface area contributed by atoms with E-state index in [4.69, 9.17) is 0 Å². The fraction of sp³-hybridized carbons (Fsp3) is 0.769. The van der Waals surface area contributed by atoms with Crippen LogP contribution in [0, 0.1) is 0 Å². The van der Waals surface area contributed by atoms with E-state index in [-0.39, 0.29) is 17.7 Å². The lowest BCUT2D eigenvalue weighted by molar-refractivity contribution is -0.130. The average Bonchev–Trinajstić information content (AvgIpc) is 2.29. The summed E-state index contributed by atoms with van der Waals surface area (Å²) in [5.41, 5.74) is 0. The van der Waals surface area contributed by atoms with Crippen molar-refractivity contribution >= 4 is 26.3 Å². The van der Waals surface area contributed by atoms with E-state index in [0.717, 1.165) is 0 Å². The summed E-state index contributed by atoms with van der Waals surface area (Å²) < 4.78 is 5.05. The summed E-state index contributed by atoms with van der Waals surface area (Å²) in [6.45, 7) is 13.4. The van der Waals surface area contributed by atoms with Gasteiger partial charge in [0.1, 0.15) is 0 Å². The quantitative estimate of drug-likeness (QED) is 0.692. The standard InChI is InChI=1S/C13H27N3O3Si/c1-8-14(11(4)17)20(7,15(9-2)12(5)18)16(10-3)13(6)19/h8-10H2,1-7H3. The molecule has 0 aliphatic rings. The molecular formula is C13H27N3O3Si. The van der Waals surface area contributed by atoms with E-state index in [1.807, 2.05) is 27.3 Å². The van der Waals surface area contributed by atoms with Gasteiger partial charge in [0.15, 0.2) is 0 Å². The first-order chi connectivity index (χ1) is 9.18. The number of carbonyl (C=O) groups is 3. The second kappa shape index (κ2) is 7.42. The topological polar surface area (TPSA) is 60.9 Å². The van der Waals surface area contributed by atoms with Gasteiger partial charge in [-0.05, 0) is 27.3 Å². The highest BCUT2D eigenvalue weighted by Crippen LogP contribution is 2.21. The van der Waals surface area contributed by atoms with Crippen molar-refractivity contribution in [3.05, 3.63) is 0 Å². The monoisotopic (exact) mass is 301 g/mol. The molecule has 0 saturated carbocycles. The minimum Gasteiger partial charge on any atom is -0.335 e. The van der Waals surface area contributed by atoms with Crippen LogP contribution in [-0.2, 0) is 14.4 Å². The zero-order chi connectivity index (χ0) is 16.1. The number of nitrogens with zero attached hydrogens (tertiary/aromatic N) is 3. The molecule has 0 aromatic heterocycles. The van der Waals surface area contributed by atoms with Crippen LogP contribution in [0.15, 0.2) is 0 Å². The van der Waals surface area contributed by atoms with E-state index in [2.05, 4.69) is 0 Å². The van der Waals surface area contributed by atoms with Crippen LogP contribution >= 0.6 is 0 Å².